The zero-order valence-corrected chi connectivity index (χ0v) is 12.7. The highest BCUT2D eigenvalue weighted by Gasteiger charge is 2.04. The fraction of sp³-hybridized carbons (Fsp3) is 0.312. The van der Waals surface area contributed by atoms with E-state index < -0.39 is 0 Å². The molecule has 0 amide bonds. The molecule has 2 rings (SSSR count). The lowest BCUT2D eigenvalue weighted by Gasteiger charge is -2.11. The zero-order valence-electron chi connectivity index (χ0n) is 12.0. The highest BCUT2D eigenvalue weighted by molar-refractivity contribution is 6.30. The summed E-state index contributed by atoms with van der Waals surface area (Å²) in [5.41, 5.74) is 1.97. The van der Waals surface area contributed by atoms with Gasteiger partial charge < -0.3 is 10.1 Å². The van der Waals surface area contributed by atoms with Crippen LogP contribution in [0.5, 0.6) is 11.5 Å². The second-order valence-electron chi connectivity index (χ2n) is 5.03. The summed E-state index contributed by atoms with van der Waals surface area (Å²) in [6, 6.07) is 9.83. The maximum Gasteiger partial charge on any atom is 0.130 e. The Morgan fingerprint density at radius 1 is 1.25 bits per heavy atom. The van der Waals surface area contributed by atoms with Crippen LogP contribution in [0.1, 0.15) is 25.1 Å². The summed E-state index contributed by atoms with van der Waals surface area (Å²) in [6.45, 7) is 6.92. The molecule has 0 fully saturated rings. The molecule has 0 aliphatic heterocycles. The topological polar surface area (TPSA) is 34.1 Å². The third-order valence-corrected chi connectivity index (χ3v) is 3.08. The molecule has 0 aliphatic carbocycles. The van der Waals surface area contributed by atoms with Crippen LogP contribution >= 0.6 is 11.6 Å². The van der Waals surface area contributed by atoms with Crippen LogP contribution in [0, 0.1) is 6.92 Å². The van der Waals surface area contributed by atoms with E-state index in [1.165, 1.54) is 0 Å². The monoisotopic (exact) mass is 290 g/mol. The molecule has 0 unspecified atom stereocenters. The molecule has 3 nitrogen and oxygen atoms in total. The minimum Gasteiger partial charge on any atom is -0.457 e. The largest absolute Gasteiger partial charge is 0.457 e. The summed E-state index contributed by atoms with van der Waals surface area (Å²) in [5, 5.41) is 4.05. The molecule has 1 aromatic heterocycles. The number of nitrogens with zero attached hydrogens (tertiary/aromatic N) is 1. The number of aromatic nitrogens is 1. The molecular weight excluding hydrogens is 272 g/mol. The summed E-state index contributed by atoms with van der Waals surface area (Å²) in [6.07, 6.45) is 1.76. The van der Waals surface area contributed by atoms with Crippen molar-refractivity contribution in [3.63, 3.8) is 0 Å². The van der Waals surface area contributed by atoms with Crippen LogP contribution in [0.15, 0.2) is 36.5 Å². The van der Waals surface area contributed by atoms with Gasteiger partial charge in [-0.25, -0.2) is 0 Å². The quantitative estimate of drug-likeness (QED) is 0.890. The Morgan fingerprint density at radius 2 is 2.05 bits per heavy atom. The number of benzene rings is 1. The van der Waals surface area contributed by atoms with Crippen molar-refractivity contribution in [3.8, 4) is 11.5 Å². The Morgan fingerprint density at radius 3 is 2.75 bits per heavy atom. The first kappa shape index (κ1) is 14.8. The Labute approximate surface area is 124 Å². The minimum absolute atomic E-state index is 0.430. The van der Waals surface area contributed by atoms with Crippen molar-refractivity contribution in [1.29, 1.82) is 0 Å². The van der Waals surface area contributed by atoms with Crippen LogP contribution in [0.2, 0.25) is 5.02 Å². The fourth-order valence-corrected chi connectivity index (χ4v) is 2.01. The number of hydrogen-bond acceptors (Lipinski definition) is 3. The van der Waals surface area contributed by atoms with E-state index >= 15 is 0 Å². The van der Waals surface area contributed by atoms with Crippen LogP contribution in [0.4, 0.5) is 0 Å². The van der Waals surface area contributed by atoms with Gasteiger partial charge in [-0.2, -0.15) is 0 Å². The molecule has 0 bridgehead atoms. The second-order valence-corrected chi connectivity index (χ2v) is 5.47. The SMILES string of the molecule is Cc1cc(Cl)ccc1Oc1ccnc(CNC(C)C)c1. The first-order valence-corrected chi connectivity index (χ1v) is 7.04. The normalized spacial score (nSPS) is 10.8. The molecule has 0 atom stereocenters. The smallest absolute Gasteiger partial charge is 0.130 e. The van der Waals surface area contributed by atoms with Gasteiger partial charge in [0.1, 0.15) is 11.5 Å². The second kappa shape index (κ2) is 6.73. The summed E-state index contributed by atoms with van der Waals surface area (Å²) in [4.78, 5) is 4.33. The molecule has 106 valence electrons. The van der Waals surface area contributed by atoms with Gasteiger partial charge in [0.15, 0.2) is 0 Å². The molecule has 0 saturated carbocycles. The Balaban J connectivity index is 2.11. The molecule has 1 N–H and O–H groups in total. The van der Waals surface area contributed by atoms with Crippen molar-refractivity contribution < 1.29 is 4.74 Å². The van der Waals surface area contributed by atoms with Crippen LogP contribution < -0.4 is 10.1 Å². The van der Waals surface area contributed by atoms with Crippen molar-refractivity contribution >= 4 is 11.6 Å². The Hall–Kier alpha value is -1.58. The van der Waals surface area contributed by atoms with Crippen molar-refractivity contribution in [3.05, 3.63) is 52.8 Å². The average Bonchev–Trinajstić information content (AvgIpc) is 2.40. The van der Waals surface area contributed by atoms with Crippen molar-refractivity contribution in [2.24, 2.45) is 0 Å². The van der Waals surface area contributed by atoms with Crippen LogP contribution in [0.25, 0.3) is 0 Å². The minimum atomic E-state index is 0.430. The summed E-state index contributed by atoms with van der Waals surface area (Å²) < 4.78 is 5.89. The van der Waals surface area contributed by atoms with Gasteiger partial charge in [-0.3, -0.25) is 4.98 Å². The van der Waals surface area contributed by atoms with E-state index in [0.29, 0.717) is 11.1 Å². The Kier molecular flexibility index (Phi) is 4.99. The highest BCUT2D eigenvalue weighted by atomic mass is 35.5. The van der Waals surface area contributed by atoms with Crippen LogP contribution in [-0.4, -0.2) is 11.0 Å². The lowest BCUT2D eigenvalue weighted by molar-refractivity contribution is 0.476. The molecule has 0 saturated heterocycles. The van der Waals surface area contributed by atoms with E-state index in [1.807, 2.05) is 37.3 Å². The number of pyridine rings is 1. The molecule has 0 radical (unpaired) electrons. The van der Waals surface area contributed by atoms with Gasteiger partial charge in [-0.15, -0.1) is 0 Å². The summed E-state index contributed by atoms with van der Waals surface area (Å²) in [5.74, 6) is 1.59. The van der Waals surface area contributed by atoms with E-state index in [1.54, 1.807) is 6.20 Å². The summed E-state index contributed by atoms with van der Waals surface area (Å²) >= 11 is 5.94. The van der Waals surface area contributed by atoms with Crippen molar-refractivity contribution in [2.45, 2.75) is 33.4 Å². The van der Waals surface area contributed by atoms with Crippen molar-refractivity contribution in [2.75, 3.05) is 0 Å². The maximum atomic E-state index is 5.94. The van der Waals surface area contributed by atoms with E-state index in [9.17, 15) is 0 Å². The molecule has 0 spiro atoms. The van der Waals surface area contributed by atoms with Crippen molar-refractivity contribution in [1.82, 2.24) is 10.3 Å². The number of ether oxygens (including phenoxy) is 1. The molecular formula is C16H19ClN2O. The van der Waals surface area contributed by atoms with Gasteiger partial charge in [0.25, 0.3) is 0 Å². The van der Waals surface area contributed by atoms with Crippen LogP contribution in [-0.2, 0) is 6.54 Å². The average molecular weight is 291 g/mol. The van der Waals surface area contributed by atoms with Gasteiger partial charge in [-0.1, -0.05) is 25.4 Å². The van der Waals surface area contributed by atoms with Gasteiger partial charge >= 0.3 is 0 Å². The Bertz CT molecular complexity index is 584. The zero-order chi connectivity index (χ0) is 14.5. The number of halogens is 1. The van der Waals surface area contributed by atoms with Crippen LogP contribution in [0.3, 0.4) is 0 Å². The van der Waals surface area contributed by atoms with E-state index in [0.717, 1.165) is 29.3 Å². The molecule has 2 aromatic rings. The number of nitrogens with one attached hydrogen (secondary N) is 1. The first-order chi connectivity index (χ1) is 9.54. The number of rotatable bonds is 5. The lowest BCUT2D eigenvalue weighted by atomic mass is 10.2. The molecule has 20 heavy (non-hydrogen) atoms. The number of aryl methyl sites for hydroxylation is 1. The predicted octanol–water partition coefficient (Wildman–Crippen LogP) is 4.33. The molecule has 4 heteroatoms. The van der Waals surface area contributed by atoms with Gasteiger partial charge in [-0.05, 0) is 36.8 Å². The number of hydrogen-bond donors (Lipinski definition) is 1. The third kappa shape index (κ3) is 4.22. The molecule has 1 aromatic carbocycles. The van der Waals surface area contributed by atoms with E-state index in [2.05, 4.69) is 24.1 Å². The lowest BCUT2D eigenvalue weighted by Crippen LogP contribution is -2.22. The third-order valence-electron chi connectivity index (χ3n) is 2.84. The standard InChI is InChI=1S/C16H19ClN2O/c1-11(2)19-10-14-9-15(6-7-18-14)20-16-5-4-13(17)8-12(16)3/h4-9,11,19H,10H2,1-3H3. The van der Waals surface area contributed by atoms with Gasteiger partial charge in [0, 0.05) is 29.9 Å². The fourth-order valence-electron chi connectivity index (χ4n) is 1.78. The molecule has 1 heterocycles. The van der Waals surface area contributed by atoms with Gasteiger partial charge in [0.05, 0.1) is 5.69 Å². The van der Waals surface area contributed by atoms with Gasteiger partial charge in [0.2, 0.25) is 0 Å². The highest BCUT2D eigenvalue weighted by Crippen LogP contribution is 2.27. The molecule has 0 aliphatic rings. The van der Waals surface area contributed by atoms with E-state index in [-0.39, 0.29) is 0 Å². The maximum absolute atomic E-state index is 5.94. The van der Waals surface area contributed by atoms with E-state index in [4.69, 9.17) is 16.3 Å². The predicted molar refractivity (Wildman–Crippen MR) is 82.5 cm³/mol. The summed E-state index contributed by atoms with van der Waals surface area (Å²) in [7, 11) is 0. The first-order valence-electron chi connectivity index (χ1n) is 6.67.